The molecule has 5 atom stereocenters. The summed E-state index contributed by atoms with van der Waals surface area (Å²) in [4.78, 5) is 25.3. The molecule has 3 heterocycles. The van der Waals surface area contributed by atoms with Crippen LogP contribution in [0.15, 0.2) is 21.9 Å². The molecule has 0 amide bonds. The fourth-order valence-electron chi connectivity index (χ4n) is 3.09. The Morgan fingerprint density at radius 2 is 2.22 bits per heavy atom. The van der Waals surface area contributed by atoms with Crippen molar-refractivity contribution in [2.75, 3.05) is 20.4 Å². The zero-order valence-electron chi connectivity index (χ0n) is 12.5. The molecule has 2 aliphatic heterocycles. The summed E-state index contributed by atoms with van der Waals surface area (Å²) in [5.41, 5.74) is -4.34. The number of nitrogens with one attached hydrogen (secondary N) is 1. The van der Waals surface area contributed by atoms with Crippen LogP contribution in [0, 0.1) is 0 Å². The van der Waals surface area contributed by atoms with E-state index in [0.717, 1.165) is 10.6 Å². The molecular formula is C13H17FN2O7. The van der Waals surface area contributed by atoms with Crippen molar-refractivity contribution in [1.82, 2.24) is 9.55 Å². The van der Waals surface area contributed by atoms with Gasteiger partial charge in [-0.2, -0.15) is 0 Å². The Hall–Kier alpha value is -1.59. The first-order chi connectivity index (χ1) is 10.9. The molecule has 2 saturated heterocycles. The minimum Gasteiger partial charge on any atom is -0.393 e. The maximum Gasteiger partial charge on any atom is 0.330 e. The lowest BCUT2D eigenvalue weighted by atomic mass is 9.88. The van der Waals surface area contributed by atoms with E-state index in [-0.39, 0.29) is 0 Å². The zero-order valence-corrected chi connectivity index (χ0v) is 12.5. The van der Waals surface area contributed by atoms with Crippen molar-refractivity contribution in [1.29, 1.82) is 0 Å². The number of methoxy groups -OCH3 is 1. The van der Waals surface area contributed by atoms with Gasteiger partial charge in [-0.1, -0.05) is 0 Å². The van der Waals surface area contributed by atoms with Crippen molar-refractivity contribution in [2.24, 2.45) is 0 Å². The van der Waals surface area contributed by atoms with Crippen LogP contribution < -0.4 is 11.2 Å². The number of aromatic nitrogens is 2. The summed E-state index contributed by atoms with van der Waals surface area (Å²) in [6, 6.07) is 1.13. The molecule has 2 aliphatic rings. The zero-order chi connectivity index (χ0) is 16.8. The van der Waals surface area contributed by atoms with Gasteiger partial charge in [-0.25, -0.2) is 9.18 Å². The molecule has 23 heavy (non-hydrogen) atoms. The van der Waals surface area contributed by atoms with E-state index in [0.29, 0.717) is 0 Å². The molecule has 0 spiro atoms. The van der Waals surface area contributed by atoms with Crippen LogP contribution in [0.4, 0.5) is 4.39 Å². The molecule has 0 bridgehead atoms. The predicted molar refractivity (Wildman–Crippen MR) is 72.4 cm³/mol. The number of fused-ring (bicyclic) bond motifs is 1. The maximum atomic E-state index is 13.6. The highest BCUT2D eigenvalue weighted by atomic mass is 19.1. The quantitative estimate of drug-likeness (QED) is 0.717. The van der Waals surface area contributed by atoms with E-state index >= 15 is 0 Å². The Labute approximate surface area is 129 Å². The van der Waals surface area contributed by atoms with Crippen LogP contribution in [0.1, 0.15) is 13.2 Å². The van der Waals surface area contributed by atoms with Crippen LogP contribution >= 0.6 is 0 Å². The van der Waals surface area contributed by atoms with Crippen LogP contribution in [-0.2, 0) is 18.9 Å². The van der Waals surface area contributed by atoms with Gasteiger partial charge in [0, 0.05) is 19.4 Å². The van der Waals surface area contributed by atoms with Gasteiger partial charge in [-0.15, -0.1) is 0 Å². The smallest absolute Gasteiger partial charge is 0.330 e. The summed E-state index contributed by atoms with van der Waals surface area (Å²) in [5.74, 6) is 0. The van der Waals surface area contributed by atoms with Crippen LogP contribution in [-0.4, -0.2) is 58.8 Å². The Morgan fingerprint density at radius 3 is 2.78 bits per heavy atom. The number of ether oxygens (including phenoxy) is 4. The van der Waals surface area contributed by atoms with Gasteiger partial charge in [0.05, 0.1) is 6.61 Å². The number of rotatable bonds is 4. The Bertz CT molecular complexity index is 700. The minimum absolute atomic E-state index is 0.580. The lowest BCUT2D eigenvalue weighted by Gasteiger charge is -2.28. The molecule has 2 N–H and O–H groups in total. The lowest BCUT2D eigenvalue weighted by Crippen LogP contribution is -2.51. The third-order valence-corrected chi connectivity index (χ3v) is 4.22. The monoisotopic (exact) mass is 332 g/mol. The van der Waals surface area contributed by atoms with E-state index in [1.165, 1.54) is 13.3 Å². The number of H-pyrrole nitrogens is 1. The lowest BCUT2D eigenvalue weighted by molar-refractivity contribution is -0.283. The van der Waals surface area contributed by atoms with Crippen molar-refractivity contribution in [3.8, 4) is 0 Å². The molecule has 2 unspecified atom stereocenters. The van der Waals surface area contributed by atoms with Gasteiger partial charge in [-0.05, 0) is 6.92 Å². The second kappa shape index (κ2) is 5.49. The van der Waals surface area contributed by atoms with Crippen molar-refractivity contribution < 1.29 is 28.4 Å². The number of aliphatic hydroxyl groups is 1. The van der Waals surface area contributed by atoms with Crippen LogP contribution in [0.3, 0.4) is 0 Å². The Morgan fingerprint density at radius 1 is 1.48 bits per heavy atom. The number of aliphatic hydroxyl groups excluding tert-OH is 1. The number of hydrogen-bond acceptors (Lipinski definition) is 7. The first-order valence-corrected chi connectivity index (χ1v) is 6.92. The first kappa shape index (κ1) is 16.3. The summed E-state index contributed by atoms with van der Waals surface area (Å²) in [7, 11) is 1.34. The average Bonchev–Trinajstić information content (AvgIpc) is 2.99. The van der Waals surface area contributed by atoms with E-state index < -0.39 is 54.5 Å². The molecule has 0 aromatic carbocycles. The third kappa shape index (κ3) is 2.25. The molecule has 0 aliphatic carbocycles. The van der Waals surface area contributed by atoms with Gasteiger partial charge >= 0.3 is 5.69 Å². The normalized spacial score (nSPS) is 39.6. The summed E-state index contributed by atoms with van der Waals surface area (Å²) in [6.07, 6.45) is -0.928. The van der Waals surface area contributed by atoms with Crippen molar-refractivity contribution in [3.05, 3.63) is 33.1 Å². The minimum atomic E-state index is -1.71. The molecule has 9 nitrogen and oxygen atoms in total. The summed E-state index contributed by atoms with van der Waals surface area (Å²) in [5, 5.41) is 9.63. The van der Waals surface area contributed by atoms with Gasteiger partial charge in [-0.3, -0.25) is 14.3 Å². The van der Waals surface area contributed by atoms with E-state index in [4.69, 9.17) is 18.9 Å². The van der Waals surface area contributed by atoms with E-state index in [2.05, 4.69) is 4.98 Å². The molecule has 10 heteroatoms. The van der Waals surface area contributed by atoms with Crippen LogP contribution in [0.5, 0.6) is 0 Å². The number of nitrogens with zero attached hydrogens (tertiary/aromatic N) is 1. The third-order valence-electron chi connectivity index (χ3n) is 4.22. The number of halogens is 1. The molecule has 128 valence electrons. The SMILES string of the molecule is COC1O[C@@H]2[C@](CO)(CF)OC(n3ccc(=O)[nH]c3=O)[C@]2(C)O1. The van der Waals surface area contributed by atoms with E-state index in [1.54, 1.807) is 6.92 Å². The van der Waals surface area contributed by atoms with Gasteiger partial charge in [0.1, 0.15) is 18.4 Å². The second-order valence-electron chi connectivity index (χ2n) is 5.69. The van der Waals surface area contributed by atoms with E-state index in [9.17, 15) is 19.1 Å². The largest absolute Gasteiger partial charge is 0.393 e. The highest BCUT2D eigenvalue weighted by Gasteiger charge is 2.69. The van der Waals surface area contributed by atoms with Crippen molar-refractivity contribution in [2.45, 2.75) is 36.9 Å². The highest BCUT2D eigenvalue weighted by molar-refractivity contribution is 5.12. The second-order valence-corrected chi connectivity index (χ2v) is 5.69. The molecule has 1 aromatic rings. The molecular weight excluding hydrogens is 315 g/mol. The maximum absolute atomic E-state index is 13.6. The highest BCUT2D eigenvalue weighted by Crippen LogP contribution is 2.52. The Kier molecular flexibility index (Phi) is 3.89. The summed E-state index contributed by atoms with van der Waals surface area (Å²) >= 11 is 0. The number of hydrogen-bond donors (Lipinski definition) is 2. The van der Waals surface area contributed by atoms with Crippen LogP contribution in [0.25, 0.3) is 0 Å². The Balaban J connectivity index is 2.10. The fraction of sp³-hybridized carbons (Fsp3) is 0.692. The summed E-state index contributed by atoms with van der Waals surface area (Å²) in [6.45, 7) is -1.27. The topological polar surface area (TPSA) is 112 Å². The van der Waals surface area contributed by atoms with Crippen LogP contribution in [0.2, 0.25) is 0 Å². The number of alkyl halides is 1. The van der Waals surface area contributed by atoms with Gasteiger partial charge < -0.3 is 24.1 Å². The van der Waals surface area contributed by atoms with Gasteiger partial charge in [0.2, 0.25) is 0 Å². The van der Waals surface area contributed by atoms with Gasteiger partial charge in [0.15, 0.2) is 11.8 Å². The van der Waals surface area contributed by atoms with Crippen molar-refractivity contribution >= 4 is 0 Å². The molecule has 2 fully saturated rings. The molecule has 1 aromatic heterocycles. The molecule has 0 saturated carbocycles. The molecule has 0 radical (unpaired) electrons. The standard InChI is InChI=1S/C13H17FN2O7/c1-12-8(21-11(20-2)23-12)13(5-14,6-17)22-9(12)16-4-3-7(18)15-10(16)19/h3-4,8-9,11,17H,5-6H2,1-2H3,(H,15,18,19)/t8-,9?,11?,12+,13+/m0/s1. The first-order valence-electron chi connectivity index (χ1n) is 6.92. The van der Waals surface area contributed by atoms with Crippen molar-refractivity contribution in [3.63, 3.8) is 0 Å². The van der Waals surface area contributed by atoms with E-state index in [1.807, 2.05) is 0 Å². The average molecular weight is 332 g/mol. The predicted octanol–water partition coefficient (Wildman–Crippen LogP) is -1.13. The fourth-order valence-corrected chi connectivity index (χ4v) is 3.09. The number of aromatic amines is 1. The van der Waals surface area contributed by atoms with Gasteiger partial charge in [0.25, 0.3) is 12.0 Å². The summed E-state index contributed by atoms with van der Waals surface area (Å²) < 4.78 is 36.4. The molecule has 3 rings (SSSR count).